The smallest absolute Gasteiger partial charge is 0.408 e. The summed E-state index contributed by atoms with van der Waals surface area (Å²) in [5.74, 6) is 0.797. The molecule has 0 aromatic heterocycles. The Morgan fingerprint density at radius 2 is 1.61 bits per heavy atom. The van der Waals surface area contributed by atoms with E-state index in [1.807, 2.05) is 20.8 Å². The highest BCUT2D eigenvalue weighted by atomic mass is 16.6. The van der Waals surface area contributed by atoms with Gasteiger partial charge in [0, 0.05) is 6.54 Å². The van der Waals surface area contributed by atoms with E-state index in [1.165, 1.54) is 38.5 Å². The summed E-state index contributed by atoms with van der Waals surface area (Å²) in [6, 6.07) is 0. The summed E-state index contributed by atoms with van der Waals surface area (Å²) in [6.07, 6.45) is 9.72. The first kappa shape index (κ1) is 20.3. The second kappa shape index (κ2) is 9.51. The van der Waals surface area contributed by atoms with Crippen molar-refractivity contribution in [3.63, 3.8) is 0 Å². The number of ether oxygens (including phenoxy) is 1. The van der Waals surface area contributed by atoms with Crippen LogP contribution in [0.2, 0.25) is 0 Å². The fourth-order valence-electron chi connectivity index (χ4n) is 3.32. The van der Waals surface area contributed by atoms with Gasteiger partial charge in [0.2, 0.25) is 0 Å². The van der Waals surface area contributed by atoms with E-state index < -0.39 is 5.60 Å². The van der Waals surface area contributed by atoms with E-state index in [0.29, 0.717) is 0 Å². The molecule has 1 fully saturated rings. The third-order valence-electron chi connectivity index (χ3n) is 4.99. The largest absolute Gasteiger partial charge is 0.444 e. The zero-order chi connectivity index (χ0) is 17.3. The fraction of sp³-hybridized carbons (Fsp3) is 0.947. The number of alkyl carbamates (subject to hydrolysis) is 1. The maximum atomic E-state index is 12.1. The molecule has 1 saturated carbocycles. The molecule has 2 N–H and O–H groups in total. The molecule has 1 aliphatic rings. The molecule has 0 radical (unpaired) electrons. The van der Waals surface area contributed by atoms with Crippen molar-refractivity contribution in [1.29, 1.82) is 0 Å². The van der Waals surface area contributed by atoms with Crippen LogP contribution in [0.3, 0.4) is 0 Å². The van der Waals surface area contributed by atoms with Gasteiger partial charge in [-0.15, -0.1) is 0 Å². The summed E-state index contributed by atoms with van der Waals surface area (Å²) in [5, 5.41) is 6.74. The average molecular weight is 327 g/mol. The third kappa shape index (κ3) is 8.05. The molecule has 0 heterocycles. The zero-order valence-corrected chi connectivity index (χ0v) is 16.0. The van der Waals surface area contributed by atoms with Gasteiger partial charge in [-0.25, -0.2) is 4.79 Å². The van der Waals surface area contributed by atoms with Crippen LogP contribution in [-0.4, -0.2) is 30.3 Å². The Morgan fingerprint density at radius 1 is 1.04 bits per heavy atom. The van der Waals surface area contributed by atoms with Gasteiger partial charge in [0.15, 0.2) is 0 Å². The van der Waals surface area contributed by atoms with Gasteiger partial charge in [0.25, 0.3) is 0 Å². The van der Waals surface area contributed by atoms with Crippen LogP contribution in [0, 0.1) is 5.92 Å². The molecule has 0 unspecified atom stereocenters. The summed E-state index contributed by atoms with van der Waals surface area (Å²) in [7, 11) is 0. The molecule has 0 aromatic carbocycles. The van der Waals surface area contributed by atoms with E-state index in [-0.39, 0.29) is 11.6 Å². The van der Waals surface area contributed by atoms with E-state index in [2.05, 4.69) is 24.5 Å². The highest BCUT2D eigenvalue weighted by molar-refractivity contribution is 5.68. The molecular weight excluding hydrogens is 288 g/mol. The summed E-state index contributed by atoms with van der Waals surface area (Å²) >= 11 is 0. The number of amides is 1. The standard InChI is InChI=1S/C19H38N2O2/c1-6-19(7-2,21-17(22)23-18(3,4)5)15-20-14-16-12-10-8-9-11-13-16/h16,20H,6-15H2,1-5H3,(H,21,22). The van der Waals surface area contributed by atoms with Gasteiger partial charge in [-0.3, -0.25) is 0 Å². The van der Waals surface area contributed by atoms with E-state index in [4.69, 9.17) is 4.74 Å². The van der Waals surface area contributed by atoms with Crippen LogP contribution in [0.4, 0.5) is 4.79 Å². The van der Waals surface area contributed by atoms with E-state index in [9.17, 15) is 4.79 Å². The quantitative estimate of drug-likeness (QED) is 0.671. The number of nitrogens with one attached hydrogen (secondary N) is 2. The van der Waals surface area contributed by atoms with Crippen molar-refractivity contribution in [3.8, 4) is 0 Å². The van der Waals surface area contributed by atoms with Crippen molar-refractivity contribution in [2.75, 3.05) is 13.1 Å². The fourth-order valence-corrected chi connectivity index (χ4v) is 3.32. The van der Waals surface area contributed by atoms with E-state index >= 15 is 0 Å². The minimum absolute atomic E-state index is 0.215. The first-order valence-corrected chi connectivity index (χ1v) is 9.52. The Morgan fingerprint density at radius 3 is 2.09 bits per heavy atom. The highest BCUT2D eigenvalue weighted by Crippen LogP contribution is 2.22. The molecule has 23 heavy (non-hydrogen) atoms. The molecule has 4 heteroatoms. The summed E-state index contributed by atoms with van der Waals surface area (Å²) in [4.78, 5) is 12.1. The Kier molecular flexibility index (Phi) is 8.38. The first-order valence-electron chi connectivity index (χ1n) is 9.52. The summed E-state index contributed by atoms with van der Waals surface area (Å²) in [6.45, 7) is 11.8. The van der Waals surface area contributed by atoms with Crippen LogP contribution in [0.5, 0.6) is 0 Å². The molecular formula is C19H38N2O2. The van der Waals surface area contributed by atoms with Crippen LogP contribution in [0.25, 0.3) is 0 Å². The van der Waals surface area contributed by atoms with Gasteiger partial charge in [-0.2, -0.15) is 0 Å². The molecule has 1 amide bonds. The first-order chi connectivity index (χ1) is 10.8. The SMILES string of the molecule is CCC(CC)(CNCC1CCCCCC1)NC(=O)OC(C)(C)C. The second-order valence-corrected chi connectivity index (χ2v) is 8.10. The van der Waals surface area contributed by atoms with Crippen LogP contribution < -0.4 is 10.6 Å². The number of rotatable bonds is 7. The van der Waals surface area contributed by atoms with Gasteiger partial charge in [-0.1, -0.05) is 39.5 Å². The predicted molar refractivity (Wildman–Crippen MR) is 96.7 cm³/mol. The number of hydrogen-bond acceptors (Lipinski definition) is 3. The summed E-state index contributed by atoms with van der Waals surface area (Å²) in [5.41, 5.74) is -0.669. The van der Waals surface area contributed by atoms with Crippen molar-refractivity contribution in [2.24, 2.45) is 5.92 Å². The van der Waals surface area contributed by atoms with Gasteiger partial charge in [-0.05, 0) is 58.9 Å². The van der Waals surface area contributed by atoms with Gasteiger partial charge in [0.05, 0.1) is 5.54 Å². The lowest BCUT2D eigenvalue weighted by Crippen LogP contribution is -2.55. The molecule has 0 bridgehead atoms. The lowest BCUT2D eigenvalue weighted by Gasteiger charge is -2.34. The lowest BCUT2D eigenvalue weighted by molar-refractivity contribution is 0.0445. The molecule has 0 aromatic rings. The molecule has 1 rings (SSSR count). The van der Waals surface area contributed by atoms with Crippen molar-refractivity contribution in [1.82, 2.24) is 10.6 Å². The Bertz CT molecular complexity index is 338. The molecule has 136 valence electrons. The van der Waals surface area contributed by atoms with Crippen LogP contribution >= 0.6 is 0 Å². The lowest BCUT2D eigenvalue weighted by atomic mass is 9.92. The van der Waals surface area contributed by atoms with Crippen LogP contribution in [0.15, 0.2) is 0 Å². The van der Waals surface area contributed by atoms with Crippen molar-refractivity contribution < 1.29 is 9.53 Å². The topological polar surface area (TPSA) is 50.4 Å². The van der Waals surface area contributed by atoms with Crippen LogP contribution in [0.1, 0.15) is 86.0 Å². The van der Waals surface area contributed by atoms with E-state index in [1.54, 1.807) is 0 Å². The predicted octanol–water partition coefficient (Wildman–Crippen LogP) is 4.63. The Labute approximate surface area is 143 Å². The minimum Gasteiger partial charge on any atom is -0.444 e. The maximum absolute atomic E-state index is 12.1. The highest BCUT2D eigenvalue weighted by Gasteiger charge is 2.30. The van der Waals surface area contributed by atoms with Crippen LogP contribution in [-0.2, 0) is 4.74 Å². The van der Waals surface area contributed by atoms with Crippen molar-refractivity contribution in [2.45, 2.75) is 97.1 Å². The molecule has 0 aliphatic heterocycles. The Hall–Kier alpha value is -0.770. The second-order valence-electron chi connectivity index (χ2n) is 8.10. The van der Waals surface area contributed by atoms with Crippen molar-refractivity contribution >= 4 is 6.09 Å². The third-order valence-corrected chi connectivity index (χ3v) is 4.99. The normalized spacial score (nSPS) is 17.6. The molecule has 0 saturated heterocycles. The number of hydrogen-bond donors (Lipinski definition) is 2. The number of carbonyl (C=O) groups is 1. The Balaban J connectivity index is 2.47. The summed E-state index contributed by atoms with van der Waals surface area (Å²) < 4.78 is 5.43. The molecule has 0 atom stereocenters. The molecule has 4 nitrogen and oxygen atoms in total. The van der Waals surface area contributed by atoms with Crippen molar-refractivity contribution in [3.05, 3.63) is 0 Å². The van der Waals surface area contributed by atoms with Gasteiger partial charge >= 0.3 is 6.09 Å². The van der Waals surface area contributed by atoms with E-state index in [0.717, 1.165) is 31.8 Å². The van der Waals surface area contributed by atoms with Gasteiger partial charge < -0.3 is 15.4 Å². The zero-order valence-electron chi connectivity index (χ0n) is 16.0. The van der Waals surface area contributed by atoms with Gasteiger partial charge in [0.1, 0.15) is 5.60 Å². The molecule has 0 spiro atoms. The maximum Gasteiger partial charge on any atom is 0.408 e. The minimum atomic E-state index is -0.453. The number of carbonyl (C=O) groups excluding carboxylic acids is 1. The average Bonchev–Trinajstić information content (AvgIpc) is 2.73. The monoisotopic (exact) mass is 326 g/mol. The molecule has 1 aliphatic carbocycles.